The van der Waals surface area contributed by atoms with Crippen LogP contribution in [0.4, 0.5) is 11.4 Å². The lowest BCUT2D eigenvalue weighted by Gasteiger charge is -2.35. The monoisotopic (exact) mass is 338 g/mol. The molecule has 2 N–H and O–H groups in total. The highest BCUT2D eigenvalue weighted by molar-refractivity contribution is 5.95. The van der Waals surface area contributed by atoms with Crippen LogP contribution in [0.15, 0.2) is 18.2 Å². The van der Waals surface area contributed by atoms with E-state index >= 15 is 0 Å². The minimum Gasteiger partial charge on any atom is -0.494 e. The van der Waals surface area contributed by atoms with E-state index in [1.807, 2.05) is 20.8 Å². The number of benzene rings is 1. The minimum atomic E-state index is -0.503. The van der Waals surface area contributed by atoms with Crippen molar-refractivity contribution in [2.45, 2.75) is 39.0 Å². The number of nitrogens with zero attached hydrogens (tertiary/aromatic N) is 1. The first-order chi connectivity index (χ1) is 11.3. The highest BCUT2D eigenvalue weighted by Gasteiger charge is 2.33. The van der Waals surface area contributed by atoms with Gasteiger partial charge in [-0.3, -0.25) is 14.9 Å². The van der Waals surface area contributed by atoms with Crippen LogP contribution >= 0.6 is 0 Å². The molecule has 0 saturated carbocycles. The van der Waals surface area contributed by atoms with Gasteiger partial charge in [0.05, 0.1) is 23.8 Å². The van der Waals surface area contributed by atoms with Gasteiger partial charge in [-0.2, -0.15) is 0 Å². The standard InChI is InChI=1S/C16H23N3O5/c1-10-8-18(9-11(2)24-10)12(3)16(20)17-14-6-5-13(19(21)22)7-15(14)23-4/h5-7,10-12H,8-9H2,1-4H3,(H,17,20)/p+1/t10-,11-,12-/m0/s1. The zero-order valence-electron chi connectivity index (χ0n) is 14.4. The highest BCUT2D eigenvalue weighted by Crippen LogP contribution is 2.28. The van der Waals surface area contributed by atoms with E-state index in [4.69, 9.17) is 9.47 Å². The van der Waals surface area contributed by atoms with Crippen molar-refractivity contribution in [3.63, 3.8) is 0 Å². The Kier molecular flexibility index (Phi) is 5.74. The molecule has 1 amide bonds. The second-order valence-electron chi connectivity index (χ2n) is 6.18. The second-order valence-corrected chi connectivity index (χ2v) is 6.18. The molecule has 0 unspecified atom stereocenters. The molecule has 24 heavy (non-hydrogen) atoms. The molecule has 0 spiro atoms. The van der Waals surface area contributed by atoms with Crippen LogP contribution in [0.2, 0.25) is 0 Å². The number of non-ortho nitro benzene ring substituents is 1. The Labute approximate surface area is 140 Å². The molecule has 1 aliphatic heterocycles. The molecule has 132 valence electrons. The summed E-state index contributed by atoms with van der Waals surface area (Å²) in [6.45, 7) is 7.39. The number of anilines is 1. The Hall–Kier alpha value is -2.19. The van der Waals surface area contributed by atoms with E-state index in [0.29, 0.717) is 5.69 Å². The largest absolute Gasteiger partial charge is 0.494 e. The number of nitrogens with one attached hydrogen (secondary N) is 2. The van der Waals surface area contributed by atoms with E-state index in [9.17, 15) is 14.9 Å². The van der Waals surface area contributed by atoms with Crippen LogP contribution in [0.25, 0.3) is 0 Å². The summed E-state index contributed by atoms with van der Waals surface area (Å²) in [5.41, 5.74) is 0.341. The number of carbonyl (C=O) groups excluding carboxylic acids is 1. The molecule has 1 aliphatic rings. The molecule has 0 bridgehead atoms. The van der Waals surface area contributed by atoms with Gasteiger partial charge in [0, 0.05) is 6.07 Å². The van der Waals surface area contributed by atoms with Crippen molar-refractivity contribution < 1.29 is 24.1 Å². The molecular weight excluding hydrogens is 314 g/mol. The first kappa shape index (κ1) is 18.2. The van der Waals surface area contributed by atoms with Crippen molar-refractivity contribution >= 4 is 17.3 Å². The number of carbonyl (C=O) groups is 1. The third-order valence-corrected chi connectivity index (χ3v) is 4.22. The van der Waals surface area contributed by atoms with Gasteiger partial charge in [-0.1, -0.05) is 0 Å². The topological polar surface area (TPSA) is 95.1 Å². The summed E-state index contributed by atoms with van der Waals surface area (Å²) in [5.74, 6) is 0.113. The molecule has 1 aromatic carbocycles. The van der Waals surface area contributed by atoms with E-state index in [0.717, 1.165) is 18.0 Å². The molecule has 1 saturated heterocycles. The summed E-state index contributed by atoms with van der Waals surface area (Å²) in [6, 6.07) is 3.86. The van der Waals surface area contributed by atoms with Gasteiger partial charge < -0.3 is 19.7 Å². The zero-order chi connectivity index (χ0) is 17.9. The molecular formula is C16H24N3O5+. The Balaban J connectivity index is 2.09. The first-order valence-corrected chi connectivity index (χ1v) is 7.95. The van der Waals surface area contributed by atoms with Gasteiger partial charge >= 0.3 is 0 Å². The first-order valence-electron chi connectivity index (χ1n) is 7.95. The molecule has 3 atom stereocenters. The summed E-state index contributed by atoms with van der Waals surface area (Å²) < 4.78 is 10.9. The molecule has 1 aromatic rings. The smallest absolute Gasteiger partial charge is 0.282 e. The SMILES string of the molecule is COc1cc([N+](=O)[O-])ccc1NC(=O)[C@H](C)[NH+]1C[C@H](C)O[C@@H](C)C1. The van der Waals surface area contributed by atoms with Gasteiger partial charge in [-0.15, -0.1) is 0 Å². The number of nitro groups is 1. The Bertz CT molecular complexity index is 612. The molecule has 0 aromatic heterocycles. The Morgan fingerprint density at radius 1 is 1.42 bits per heavy atom. The lowest BCUT2D eigenvalue weighted by molar-refractivity contribution is -0.928. The summed E-state index contributed by atoms with van der Waals surface area (Å²) in [6.07, 6.45) is 0.209. The lowest BCUT2D eigenvalue weighted by atomic mass is 10.1. The van der Waals surface area contributed by atoms with E-state index in [-0.39, 0.29) is 35.6 Å². The van der Waals surface area contributed by atoms with E-state index in [1.54, 1.807) is 0 Å². The molecule has 8 heteroatoms. The number of amides is 1. The molecule has 8 nitrogen and oxygen atoms in total. The van der Waals surface area contributed by atoms with Crippen molar-refractivity contribution in [3.8, 4) is 5.75 Å². The highest BCUT2D eigenvalue weighted by atomic mass is 16.6. The van der Waals surface area contributed by atoms with Gasteiger partial charge in [-0.05, 0) is 26.8 Å². The summed E-state index contributed by atoms with van der Waals surface area (Å²) in [5, 5.41) is 13.6. The van der Waals surface area contributed by atoms with Crippen LogP contribution in [0.3, 0.4) is 0 Å². The van der Waals surface area contributed by atoms with Crippen molar-refractivity contribution in [2.75, 3.05) is 25.5 Å². The van der Waals surface area contributed by atoms with Gasteiger partial charge in [0.2, 0.25) is 0 Å². The van der Waals surface area contributed by atoms with Crippen molar-refractivity contribution in [1.82, 2.24) is 0 Å². The average Bonchev–Trinajstić information content (AvgIpc) is 2.53. The fourth-order valence-corrected chi connectivity index (χ4v) is 2.99. The molecule has 1 heterocycles. The quantitative estimate of drug-likeness (QED) is 0.606. The van der Waals surface area contributed by atoms with Crippen molar-refractivity contribution in [2.24, 2.45) is 0 Å². The number of rotatable bonds is 5. The van der Waals surface area contributed by atoms with Crippen LogP contribution in [0, 0.1) is 10.1 Å². The molecule has 0 aliphatic carbocycles. The van der Waals surface area contributed by atoms with Gasteiger partial charge in [0.1, 0.15) is 31.0 Å². The van der Waals surface area contributed by atoms with E-state index in [2.05, 4.69) is 5.32 Å². The van der Waals surface area contributed by atoms with Crippen molar-refractivity contribution in [3.05, 3.63) is 28.3 Å². The molecule has 2 rings (SSSR count). The summed E-state index contributed by atoms with van der Waals surface area (Å²) in [7, 11) is 1.41. The fraction of sp³-hybridized carbons (Fsp3) is 0.562. The zero-order valence-corrected chi connectivity index (χ0v) is 14.4. The van der Waals surface area contributed by atoms with Crippen LogP contribution in [-0.4, -0.2) is 49.3 Å². The van der Waals surface area contributed by atoms with Gasteiger partial charge in [-0.25, -0.2) is 0 Å². The Morgan fingerprint density at radius 2 is 2.04 bits per heavy atom. The number of nitro benzene ring substituents is 1. The number of morpholine rings is 1. The summed E-state index contributed by atoms with van der Waals surface area (Å²) >= 11 is 0. The number of hydrogen-bond donors (Lipinski definition) is 2. The molecule has 0 radical (unpaired) electrons. The number of methoxy groups -OCH3 is 1. The number of hydrogen-bond acceptors (Lipinski definition) is 5. The maximum atomic E-state index is 12.5. The predicted molar refractivity (Wildman–Crippen MR) is 88.4 cm³/mol. The maximum absolute atomic E-state index is 12.5. The average molecular weight is 338 g/mol. The third-order valence-electron chi connectivity index (χ3n) is 4.22. The minimum absolute atomic E-state index is 0.0839. The maximum Gasteiger partial charge on any atom is 0.282 e. The normalized spacial score (nSPS) is 24.9. The fourth-order valence-electron chi connectivity index (χ4n) is 2.99. The summed E-state index contributed by atoms with van der Waals surface area (Å²) in [4.78, 5) is 24.0. The van der Waals surface area contributed by atoms with Crippen molar-refractivity contribution in [1.29, 1.82) is 0 Å². The second kappa shape index (κ2) is 7.59. The van der Waals surface area contributed by atoms with E-state index in [1.165, 1.54) is 25.3 Å². The third kappa shape index (κ3) is 4.21. The molecule has 1 fully saturated rings. The number of ether oxygens (including phenoxy) is 2. The number of quaternary nitrogens is 1. The van der Waals surface area contributed by atoms with E-state index < -0.39 is 4.92 Å². The predicted octanol–water partition coefficient (Wildman–Crippen LogP) is 0.623. The lowest BCUT2D eigenvalue weighted by Crippen LogP contribution is -3.19. The van der Waals surface area contributed by atoms with Crippen LogP contribution in [0.5, 0.6) is 5.75 Å². The van der Waals surface area contributed by atoms with Gasteiger partial charge in [0.15, 0.2) is 6.04 Å². The van der Waals surface area contributed by atoms with Crippen LogP contribution in [0.1, 0.15) is 20.8 Å². The Morgan fingerprint density at radius 3 is 2.58 bits per heavy atom. The van der Waals surface area contributed by atoms with Gasteiger partial charge in [0.25, 0.3) is 11.6 Å². The van der Waals surface area contributed by atoms with Crippen LogP contribution < -0.4 is 15.0 Å². The van der Waals surface area contributed by atoms with Crippen LogP contribution in [-0.2, 0) is 9.53 Å².